The van der Waals surface area contributed by atoms with Crippen molar-refractivity contribution in [2.45, 2.75) is 26.1 Å². The van der Waals surface area contributed by atoms with Crippen molar-refractivity contribution in [2.75, 3.05) is 6.54 Å². The van der Waals surface area contributed by atoms with Crippen molar-refractivity contribution in [1.29, 1.82) is 0 Å². The van der Waals surface area contributed by atoms with E-state index in [0.29, 0.717) is 0 Å². The summed E-state index contributed by atoms with van der Waals surface area (Å²) in [5, 5.41) is 10.2. The van der Waals surface area contributed by atoms with Gasteiger partial charge in [-0.2, -0.15) is 13.2 Å². The average Bonchev–Trinajstić information content (AvgIpc) is 2.28. The molecule has 6 heteroatoms. The molecule has 0 aliphatic carbocycles. The largest absolute Gasteiger partial charge is 0.417 e. The summed E-state index contributed by atoms with van der Waals surface area (Å²) in [4.78, 5) is 0. The van der Waals surface area contributed by atoms with Crippen LogP contribution in [0.5, 0.6) is 0 Å². The molecule has 0 amide bonds. The quantitative estimate of drug-likeness (QED) is 0.877. The van der Waals surface area contributed by atoms with Gasteiger partial charge >= 0.3 is 6.18 Å². The summed E-state index contributed by atoms with van der Waals surface area (Å²) < 4.78 is 38.4. The zero-order valence-corrected chi connectivity index (χ0v) is 12.3. The average molecular weight is 340 g/mol. The SMILES string of the molecule is CC(C)C(CN)C(O)c1ccc(Br)c(C(F)(F)F)c1. The molecule has 2 nitrogen and oxygen atoms in total. The van der Waals surface area contributed by atoms with Gasteiger partial charge in [-0.3, -0.25) is 0 Å². The lowest BCUT2D eigenvalue weighted by atomic mass is 9.86. The number of rotatable bonds is 4. The number of halogens is 4. The lowest BCUT2D eigenvalue weighted by Crippen LogP contribution is -2.27. The summed E-state index contributed by atoms with van der Waals surface area (Å²) in [5.74, 6) is -0.194. The number of hydrogen-bond donors (Lipinski definition) is 2. The molecule has 108 valence electrons. The van der Waals surface area contributed by atoms with E-state index in [2.05, 4.69) is 15.9 Å². The van der Waals surface area contributed by atoms with E-state index in [-0.39, 0.29) is 28.4 Å². The molecule has 0 saturated heterocycles. The van der Waals surface area contributed by atoms with E-state index in [1.54, 1.807) is 0 Å². The van der Waals surface area contributed by atoms with Crippen LogP contribution in [0.15, 0.2) is 22.7 Å². The first-order valence-corrected chi connectivity index (χ1v) is 6.72. The van der Waals surface area contributed by atoms with Crippen molar-refractivity contribution in [2.24, 2.45) is 17.6 Å². The molecular formula is C13H17BrF3NO. The van der Waals surface area contributed by atoms with E-state index in [0.717, 1.165) is 6.07 Å². The Morgan fingerprint density at radius 2 is 1.89 bits per heavy atom. The molecule has 1 aromatic rings. The summed E-state index contributed by atoms with van der Waals surface area (Å²) in [5.41, 5.74) is 5.02. The second-order valence-corrected chi connectivity index (χ2v) is 5.68. The van der Waals surface area contributed by atoms with Crippen molar-refractivity contribution in [3.63, 3.8) is 0 Å². The van der Waals surface area contributed by atoms with Gasteiger partial charge in [-0.15, -0.1) is 0 Å². The number of nitrogens with two attached hydrogens (primary N) is 1. The highest BCUT2D eigenvalue weighted by Gasteiger charge is 2.34. The van der Waals surface area contributed by atoms with Gasteiger partial charge in [-0.25, -0.2) is 0 Å². The minimum absolute atomic E-state index is 0.0372. The molecule has 0 saturated carbocycles. The first-order chi connectivity index (χ1) is 8.68. The molecule has 1 aromatic carbocycles. The second-order valence-electron chi connectivity index (χ2n) is 4.83. The Morgan fingerprint density at radius 1 is 1.32 bits per heavy atom. The molecule has 0 radical (unpaired) electrons. The maximum Gasteiger partial charge on any atom is 0.417 e. The molecule has 0 fully saturated rings. The zero-order valence-electron chi connectivity index (χ0n) is 10.7. The van der Waals surface area contributed by atoms with Crippen LogP contribution in [0.3, 0.4) is 0 Å². The molecular weight excluding hydrogens is 323 g/mol. The van der Waals surface area contributed by atoms with E-state index in [9.17, 15) is 18.3 Å². The third kappa shape index (κ3) is 3.94. The molecule has 1 rings (SSSR count). The third-order valence-corrected chi connectivity index (χ3v) is 3.86. The normalized spacial score (nSPS) is 15.6. The lowest BCUT2D eigenvalue weighted by Gasteiger charge is -2.26. The summed E-state index contributed by atoms with van der Waals surface area (Å²) >= 11 is 2.87. The van der Waals surface area contributed by atoms with E-state index >= 15 is 0 Å². The van der Waals surface area contributed by atoms with Gasteiger partial charge in [0.15, 0.2) is 0 Å². The van der Waals surface area contributed by atoms with Crippen LogP contribution in [-0.4, -0.2) is 11.7 Å². The van der Waals surface area contributed by atoms with Gasteiger partial charge in [0, 0.05) is 10.4 Å². The summed E-state index contributed by atoms with van der Waals surface area (Å²) in [6.07, 6.45) is -5.45. The van der Waals surface area contributed by atoms with Crippen LogP contribution in [0.25, 0.3) is 0 Å². The van der Waals surface area contributed by atoms with E-state index < -0.39 is 17.8 Å². The minimum atomic E-state index is -4.45. The Kier molecular flexibility index (Phi) is 5.41. The van der Waals surface area contributed by atoms with E-state index in [1.807, 2.05) is 13.8 Å². The van der Waals surface area contributed by atoms with Crippen LogP contribution in [0.2, 0.25) is 0 Å². The van der Waals surface area contributed by atoms with Crippen LogP contribution in [0, 0.1) is 11.8 Å². The summed E-state index contributed by atoms with van der Waals surface area (Å²) in [7, 11) is 0. The number of aliphatic hydroxyl groups excluding tert-OH is 1. The third-order valence-electron chi connectivity index (χ3n) is 3.17. The Labute approximate surface area is 118 Å². The molecule has 19 heavy (non-hydrogen) atoms. The Hall–Kier alpha value is -0.590. The lowest BCUT2D eigenvalue weighted by molar-refractivity contribution is -0.138. The van der Waals surface area contributed by atoms with Crippen LogP contribution in [0.1, 0.15) is 31.1 Å². The van der Waals surface area contributed by atoms with Crippen LogP contribution in [-0.2, 0) is 6.18 Å². The maximum absolute atomic E-state index is 12.8. The molecule has 2 atom stereocenters. The topological polar surface area (TPSA) is 46.2 Å². The van der Waals surface area contributed by atoms with Gasteiger partial charge in [0.25, 0.3) is 0 Å². The summed E-state index contributed by atoms with van der Waals surface area (Å²) in [6, 6.07) is 3.75. The van der Waals surface area contributed by atoms with Gasteiger partial charge < -0.3 is 10.8 Å². The van der Waals surface area contributed by atoms with Gasteiger partial charge in [0.2, 0.25) is 0 Å². The maximum atomic E-state index is 12.8. The highest BCUT2D eigenvalue weighted by Crippen LogP contribution is 2.37. The molecule has 0 spiro atoms. The van der Waals surface area contributed by atoms with Crippen LogP contribution < -0.4 is 5.73 Å². The second kappa shape index (κ2) is 6.24. The van der Waals surface area contributed by atoms with Gasteiger partial charge in [0.05, 0.1) is 11.7 Å². The fourth-order valence-electron chi connectivity index (χ4n) is 1.96. The molecule has 0 aliphatic rings. The van der Waals surface area contributed by atoms with Gasteiger partial charge in [-0.1, -0.05) is 35.8 Å². The monoisotopic (exact) mass is 339 g/mol. The number of benzene rings is 1. The van der Waals surface area contributed by atoms with Crippen molar-refractivity contribution < 1.29 is 18.3 Å². The Bertz CT molecular complexity index is 434. The fraction of sp³-hybridized carbons (Fsp3) is 0.538. The molecule has 3 N–H and O–H groups in total. The highest BCUT2D eigenvalue weighted by atomic mass is 79.9. The van der Waals surface area contributed by atoms with Crippen molar-refractivity contribution >= 4 is 15.9 Å². The van der Waals surface area contributed by atoms with Crippen molar-refractivity contribution in [1.82, 2.24) is 0 Å². The predicted molar refractivity (Wildman–Crippen MR) is 71.5 cm³/mol. The van der Waals surface area contributed by atoms with Crippen LogP contribution >= 0.6 is 15.9 Å². The van der Waals surface area contributed by atoms with Crippen LogP contribution in [0.4, 0.5) is 13.2 Å². The minimum Gasteiger partial charge on any atom is -0.388 e. The van der Waals surface area contributed by atoms with Crippen molar-refractivity contribution in [3.05, 3.63) is 33.8 Å². The molecule has 0 bridgehead atoms. The first-order valence-electron chi connectivity index (χ1n) is 5.93. The van der Waals surface area contributed by atoms with Gasteiger partial charge in [0.1, 0.15) is 0 Å². The zero-order chi connectivity index (χ0) is 14.8. The molecule has 0 aromatic heterocycles. The predicted octanol–water partition coefficient (Wildman–Crippen LogP) is 3.73. The first kappa shape index (κ1) is 16.5. The fourth-order valence-corrected chi connectivity index (χ4v) is 2.43. The molecule has 0 heterocycles. The van der Waals surface area contributed by atoms with E-state index in [4.69, 9.17) is 5.73 Å². The molecule has 0 aliphatic heterocycles. The number of alkyl halides is 3. The van der Waals surface area contributed by atoms with E-state index in [1.165, 1.54) is 12.1 Å². The highest BCUT2D eigenvalue weighted by molar-refractivity contribution is 9.10. The number of aliphatic hydroxyl groups is 1. The Morgan fingerprint density at radius 3 is 2.32 bits per heavy atom. The standard InChI is InChI=1S/C13H17BrF3NO/c1-7(2)9(6-18)12(19)8-3-4-11(14)10(5-8)13(15,16)17/h3-5,7,9,12,19H,6,18H2,1-2H3. The number of hydrogen-bond acceptors (Lipinski definition) is 2. The van der Waals surface area contributed by atoms with Gasteiger partial charge in [-0.05, 0) is 30.2 Å². The molecule has 2 unspecified atom stereocenters. The Balaban J connectivity index is 3.15. The summed E-state index contributed by atoms with van der Waals surface area (Å²) in [6.45, 7) is 3.98. The smallest absolute Gasteiger partial charge is 0.388 e. The van der Waals surface area contributed by atoms with Crippen molar-refractivity contribution in [3.8, 4) is 0 Å².